The summed E-state index contributed by atoms with van der Waals surface area (Å²) >= 11 is 0. The molecule has 112 valence electrons. The van der Waals surface area contributed by atoms with Gasteiger partial charge in [-0.2, -0.15) is 0 Å². The van der Waals surface area contributed by atoms with Crippen molar-refractivity contribution >= 4 is 5.97 Å². The monoisotopic (exact) mass is 281 g/mol. The van der Waals surface area contributed by atoms with Crippen molar-refractivity contribution in [3.8, 4) is 11.5 Å². The summed E-state index contributed by atoms with van der Waals surface area (Å²) in [6.45, 7) is 6.08. The Balaban J connectivity index is 3.14. The van der Waals surface area contributed by atoms with Gasteiger partial charge < -0.3 is 14.2 Å². The number of carbonyl (C=O) groups is 1. The highest BCUT2D eigenvalue weighted by Crippen LogP contribution is 2.27. The molecule has 20 heavy (non-hydrogen) atoms. The van der Waals surface area contributed by atoms with E-state index in [2.05, 4.69) is 5.32 Å². The van der Waals surface area contributed by atoms with Crippen LogP contribution in [0.3, 0.4) is 0 Å². The van der Waals surface area contributed by atoms with Crippen molar-refractivity contribution in [2.24, 2.45) is 0 Å². The predicted octanol–water partition coefficient (Wildman–Crippen LogP) is 2.31. The lowest BCUT2D eigenvalue weighted by atomic mass is 10.1. The summed E-state index contributed by atoms with van der Waals surface area (Å²) in [6, 6.07) is 4.97. The lowest BCUT2D eigenvalue weighted by Gasteiger charge is -2.21. The van der Waals surface area contributed by atoms with E-state index >= 15 is 0 Å². The first-order valence-corrected chi connectivity index (χ1v) is 6.67. The molecule has 1 aromatic carbocycles. The van der Waals surface area contributed by atoms with E-state index in [0.29, 0.717) is 18.1 Å². The first kappa shape index (κ1) is 16.3. The smallest absolute Gasteiger partial charge is 0.327 e. The Bertz CT molecular complexity index is 423. The van der Waals surface area contributed by atoms with Gasteiger partial charge in [0, 0.05) is 12.1 Å². The van der Waals surface area contributed by atoms with Crippen LogP contribution in [0.25, 0.3) is 0 Å². The lowest BCUT2D eigenvalue weighted by Crippen LogP contribution is -2.34. The van der Waals surface area contributed by atoms with Crippen molar-refractivity contribution in [2.45, 2.75) is 32.9 Å². The van der Waals surface area contributed by atoms with E-state index in [1.165, 1.54) is 0 Å². The summed E-state index contributed by atoms with van der Waals surface area (Å²) in [4.78, 5) is 12.1. The molecule has 0 heterocycles. The Morgan fingerprint density at radius 3 is 2.10 bits per heavy atom. The molecule has 5 nitrogen and oxygen atoms in total. The summed E-state index contributed by atoms with van der Waals surface area (Å²) in [5, 5.41) is 3.20. The fourth-order valence-electron chi connectivity index (χ4n) is 1.86. The number of hydrogen-bond acceptors (Lipinski definition) is 5. The number of carbonyl (C=O) groups excluding carboxylic acids is 1. The molecule has 0 bridgehead atoms. The molecular formula is C15H23NO4. The number of methoxy groups -OCH3 is 2. The van der Waals surface area contributed by atoms with Gasteiger partial charge in [0.1, 0.15) is 17.5 Å². The van der Waals surface area contributed by atoms with E-state index in [0.717, 1.165) is 5.56 Å². The number of hydrogen-bond donors (Lipinski definition) is 1. The molecule has 1 atom stereocenters. The summed E-state index contributed by atoms with van der Waals surface area (Å²) in [6.07, 6.45) is 0. The molecule has 0 aliphatic carbocycles. The Labute approximate surface area is 120 Å². The molecular weight excluding hydrogens is 258 g/mol. The summed E-state index contributed by atoms with van der Waals surface area (Å²) < 4.78 is 15.6. The standard InChI is InChI=1S/C15H23NO4/c1-6-20-15(17)14(16-10(2)3)11-7-12(18-4)9-13(8-11)19-5/h7-10,14,16H,6H2,1-5H3. The first-order chi connectivity index (χ1) is 9.51. The van der Waals surface area contributed by atoms with Gasteiger partial charge in [-0.15, -0.1) is 0 Å². The topological polar surface area (TPSA) is 56.8 Å². The molecule has 0 aliphatic heterocycles. The largest absolute Gasteiger partial charge is 0.497 e. The van der Waals surface area contributed by atoms with Gasteiger partial charge in [-0.25, -0.2) is 4.79 Å². The Hall–Kier alpha value is -1.75. The van der Waals surface area contributed by atoms with Gasteiger partial charge >= 0.3 is 5.97 Å². The van der Waals surface area contributed by atoms with Gasteiger partial charge in [0.15, 0.2) is 0 Å². The molecule has 0 spiro atoms. The molecule has 0 aliphatic rings. The Morgan fingerprint density at radius 2 is 1.70 bits per heavy atom. The number of ether oxygens (including phenoxy) is 3. The highest BCUT2D eigenvalue weighted by molar-refractivity contribution is 5.78. The Morgan fingerprint density at radius 1 is 1.15 bits per heavy atom. The third-order valence-electron chi connectivity index (χ3n) is 2.73. The lowest BCUT2D eigenvalue weighted by molar-refractivity contribution is -0.146. The number of rotatable bonds is 7. The summed E-state index contributed by atoms with van der Waals surface area (Å²) in [7, 11) is 3.15. The van der Waals surface area contributed by atoms with Crippen molar-refractivity contribution in [3.05, 3.63) is 23.8 Å². The van der Waals surface area contributed by atoms with Crippen LogP contribution in [0.15, 0.2) is 18.2 Å². The fraction of sp³-hybridized carbons (Fsp3) is 0.533. The average molecular weight is 281 g/mol. The van der Waals surface area contributed by atoms with Crippen molar-refractivity contribution in [1.29, 1.82) is 0 Å². The average Bonchev–Trinajstić information content (AvgIpc) is 2.44. The molecule has 0 radical (unpaired) electrons. The highest BCUT2D eigenvalue weighted by Gasteiger charge is 2.23. The molecule has 1 unspecified atom stereocenters. The van der Waals surface area contributed by atoms with Gasteiger partial charge in [0.05, 0.1) is 20.8 Å². The maximum absolute atomic E-state index is 12.1. The van der Waals surface area contributed by atoms with Gasteiger partial charge in [-0.3, -0.25) is 5.32 Å². The molecule has 0 fully saturated rings. The minimum Gasteiger partial charge on any atom is -0.497 e. The Kier molecular flexibility index (Phi) is 6.31. The van der Waals surface area contributed by atoms with Gasteiger partial charge in [0.25, 0.3) is 0 Å². The molecule has 0 amide bonds. The SMILES string of the molecule is CCOC(=O)C(NC(C)C)c1cc(OC)cc(OC)c1. The molecule has 0 saturated carbocycles. The van der Waals surface area contributed by atoms with Crippen LogP contribution in [0.5, 0.6) is 11.5 Å². The second-order valence-corrected chi connectivity index (χ2v) is 4.65. The molecule has 1 aromatic rings. The second-order valence-electron chi connectivity index (χ2n) is 4.65. The maximum atomic E-state index is 12.1. The summed E-state index contributed by atoms with van der Waals surface area (Å²) in [5.41, 5.74) is 0.758. The van der Waals surface area contributed by atoms with Gasteiger partial charge in [-0.1, -0.05) is 0 Å². The first-order valence-electron chi connectivity index (χ1n) is 6.67. The molecule has 1 N–H and O–H groups in total. The fourth-order valence-corrected chi connectivity index (χ4v) is 1.86. The van der Waals surface area contributed by atoms with Crippen molar-refractivity contribution in [3.63, 3.8) is 0 Å². The number of nitrogens with one attached hydrogen (secondary N) is 1. The van der Waals surface area contributed by atoms with Crippen LogP contribution in [0.2, 0.25) is 0 Å². The quantitative estimate of drug-likeness (QED) is 0.777. The van der Waals surface area contributed by atoms with E-state index in [9.17, 15) is 4.79 Å². The van der Waals surface area contributed by atoms with Crippen molar-refractivity contribution in [1.82, 2.24) is 5.32 Å². The van der Waals surface area contributed by atoms with E-state index < -0.39 is 6.04 Å². The van der Waals surface area contributed by atoms with Crippen LogP contribution >= 0.6 is 0 Å². The predicted molar refractivity (Wildman–Crippen MR) is 77.2 cm³/mol. The molecule has 1 rings (SSSR count). The highest BCUT2D eigenvalue weighted by atomic mass is 16.5. The van der Waals surface area contributed by atoms with E-state index in [1.807, 2.05) is 13.8 Å². The summed E-state index contributed by atoms with van der Waals surface area (Å²) in [5.74, 6) is 0.968. The number of esters is 1. The zero-order valence-electron chi connectivity index (χ0n) is 12.7. The van der Waals surface area contributed by atoms with Crippen LogP contribution in [0.4, 0.5) is 0 Å². The minimum absolute atomic E-state index is 0.140. The zero-order chi connectivity index (χ0) is 15.1. The van der Waals surface area contributed by atoms with Crippen molar-refractivity contribution in [2.75, 3.05) is 20.8 Å². The van der Waals surface area contributed by atoms with E-state index in [1.54, 1.807) is 39.3 Å². The van der Waals surface area contributed by atoms with E-state index in [-0.39, 0.29) is 12.0 Å². The molecule has 0 aromatic heterocycles. The van der Waals surface area contributed by atoms with Gasteiger partial charge in [-0.05, 0) is 38.5 Å². The number of benzene rings is 1. The van der Waals surface area contributed by atoms with Gasteiger partial charge in [0.2, 0.25) is 0 Å². The zero-order valence-corrected chi connectivity index (χ0v) is 12.7. The van der Waals surface area contributed by atoms with Crippen LogP contribution < -0.4 is 14.8 Å². The third-order valence-corrected chi connectivity index (χ3v) is 2.73. The minimum atomic E-state index is -0.543. The van der Waals surface area contributed by atoms with Crippen LogP contribution in [-0.2, 0) is 9.53 Å². The molecule has 0 saturated heterocycles. The van der Waals surface area contributed by atoms with Crippen LogP contribution in [0.1, 0.15) is 32.4 Å². The third kappa shape index (κ3) is 4.42. The maximum Gasteiger partial charge on any atom is 0.327 e. The van der Waals surface area contributed by atoms with Crippen molar-refractivity contribution < 1.29 is 19.0 Å². The van der Waals surface area contributed by atoms with Crippen LogP contribution in [-0.4, -0.2) is 32.8 Å². The van der Waals surface area contributed by atoms with Crippen LogP contribution in [0, 0.1) is 0 Å². The second kappa shape index (κ2) is 7.75. The van der Waals surface area contributed by atoms with E-state index in [4.69, 9.17) is 14.2 Å². The normalized spacial score (nSPS) is 12.1. The molecule has 5 heteroatoms.